The van der Waals surface area contributed by atoms with Crippen molar-refractivity contribution < 1.29 is 14.0 Å². The van der Waals surface area contributed by atoms with Crippen molar-refractivity contribution in [3.63, 3.8) is 0 Å². The highest BCUT2D eigenvalue weighted by atomic mass is 19.1. The molecule has 1 aliphatic rings. The molecule has 148 valence electrons. The van der Waals surface area contributed by atoms with Gasteiger partial charge in [0.2, 0.25) is 11.8 Å². The molecule has 0 atom stereocenters. The molecule has 2 aromatic rings. The zero-order chi connectivity index (χ0) is 20.4. The molecular formula is C23H27FN2O2. The van der Waals surface area contributed by atoms with Gasteiger partial charge in [-0.3, -0.25) is 9.59 Å². The van der Waals surface area contributed by atoms with Gasteiger partial charge in [0.25, 0.3) is 0 Å². The maximum atomic E-state index is 13.7. The second kappa shape index (κ2) is 7.74. The first-order valence-corrected chi connectivity index (χ1v) is 9.67. The van der Waals surface area contributed by atoms with Gasteiger partial charge in [0.1, 0.15) is 11.2 Å². The van der Waals surface area contributed by atoms with Crippen LogP contribution >= 0.6 is 0 Å². The maximum Gasteiger partial charge on any atom is 0.240 e. The van der Waals surface area contributed by atoms with Crippen molar-refractivity contribution in [2.45, 2.75) is 45.4 Å². The highest BCUT2D eigenvalue weighted by molar-refractivity contribution is 6.13. The van der Waals surface area contributed by atoms with Crippen LogP contribution in [0.2, 0.25) is 0 Å². The lowest BCUT2D eigenvalue weighted by Crippen LogP contribution is -2.41. The van der Waals surface area contributed by atoms with Crippen molar-refractivity contribution in [2.75, 3.05) is 11.9 Å². The first-order valence-electron chi connectivity index (χ1n) is 9.67. The number of carbonyl (C=O) groups is 2. The number of anilines is 1. The minimum Gasteiger partial charge on any atom is -0.355 e. The van der Waals surface area contributed by atoms with Crippen LogP contribution in [0.3, 0.4) is 0 Å². The molecule has 0 unspecified atom stereocenters. The van der Waals surface area contributed by atoms with Crippen LogP contribution in [-0.4, -0.2) is 18.4 Å². The molecule has 28 heavy (non-hydrogen) atoms. The van der Waals surface area contributed by atoms with Crippen LogP contribution in [0.1, 0.15) is 44.7 Å². The Hall–Kier alpha value is -2.69. The lowest BCUT2D eigenvalue weighted by molar-refractivity contribution is -0.134. The summed E-state index contributed by atoms with van der Waals surface area (Å²) in [7, 11) is 0. The number of hydrogen-bond donors (Lipinski definition) is 2. The third-order valence-electron chi connectivity index (χ3n) is 5.24. The van der Waals surface area contributed by atoms with Crippen molar-refractivity contribution in [3.8, 4) is 0 Å². The Kier molecular flexibility index (Phi) is 5.54. The Balaban J connectivity index is 1.63. The van der Waals surface area contributed by atoms with E-state index in [2.05, 4.69) is 31.4 Å². The van der Waals surface area contributed by atoms with Gasteiger partial charge in [-0.05, 0) is 47.9 Å². The molecule has 0 heterocycles. The summed E-state index contributed by atoms with van der Waals surface area (Å²) >= 11 is 0. The van der Waals surface area contributed by atoms with Gasteiger partial charge in [-0.15, -0.1) is 0 Å². The molecule has 0 bridgehead atoms. The Labute approximate surface area is 165 Å². The summed E-state index contributed by atoms with van der Waals surface area (Å²) in [6.45, 7) is 6.55. The fourth-order valence-electron chi connectivity index (χ4n) is 3.35. The number of para-hydroxylation sites is 1. The Morgan fingerprint density at radius 1 is 1.00 bits per heavy atom. The molecule has 1 aliphatic carbocycles. The lowest BCUT2D eigenvalue weighted by atomic mass is 9.85. The zero-order valence-corrected chi connectivity index (χ0v) is 16.6. The molecule has 0 radical (unpaired) electrons. The quantitative estimate of drug-likeness (QED) is 0.736. The third-order valence-corrected chi connectivity index (χ3v) is 5.24. The SMILES string of the molecule is CC(C)(C)c1ccccc1NC(=O)C1(C(=O)NCCc2ccccc2F)CC1. The van der Waals surface area contributed by atoms with Gasteiger partial charge < -0.3 is 10.6 Å². The summed E-state index contributed by atoms with van der Waals surface area (Å²) in [6, 6.07) is 14.2. The number of halogens is 1. The number of carbonyl (C=O) groups excluding carboxylic acids is 2. The van der Waals surface area contributed by atoms with Crippen LogP contribution in [-0.2, 0) is 21.4 Å². The first kappa shape index (κ1) is 20.1. The molecule has 2 aromatic carbocycles. The van der Waals surface area contributed by atoms with Crippen LogP contribution in [0, 0.1) is 11.2 Å². The van der Waals surface area contributed by atoms with Gasteiger partial charge in [0.05, 0.1) is 0 Å². The summed E-state index contributed by atoms with van der Waals surface area (Å²) in [4.78, 5) is 25.5. The molecule has 2 amide bonds. The number of nitrogens with one attached hydrogen (secondary N) is 2. The molecule has 0 spiro atoms. The highest BCUT2D eigenvalue weighted by Crippen LogP contribution is 2.47. The fourth-order valence-corrected chi connectivity index (χ4v) is 3.35. The van der Waals surface area contributed by atoms with Crippen LogP contribution in [0.25, 0.3) is 0 Å². The van der Waals surface area contributed by atoms with Gasteiger partial charge in [-0.1, -0.05) is 57.2 Å². The monoisotopic (exact) mass is 382 g/mol. The summed E-state index contributed by atoms with van der Waals surface area (Å²) in [5.41, 5.74) is 1.18. The fraction of sp³-hybridized carbons (Fsp3) is 0.391. The molecule has 1 fully saturated rings. The molecule has 1 saturated carbocycles. The standard InChI is InChI=1S/C23H27FN2O2/c1-22(2,3)17-9-5-7-11-19(17)26-21(28)23(13-14-23)20(27)25-15-12-16-8-4-6-10-18(16)24/h4-11H,12-15H2,1-3H3,(H,25,27)(H,26,28). The number of rotatable bonds is 6. The van der Waals surface area contributed by atoms with Crippen molar-refractivity contribution in [3.05, 3.63) is 65.5 Å². The summed E-state index contributed by atoms with van der Waals surface area (Å²) in [5.74, 6) is -0.836. The van der Waals surface area contributed by atoms with E-state index >= 15 is 0 Å². The second-order valence-electron chi connectivity index (χ2n) is 8.43. The summed E-state index contributed by atoms with van der Waals surface area (Å²) in [5, 5.41) is 5.76. The number of benzene rings is 2. The molecule has 2 N–H and O–H groups in total. The molecular weight excluding hydrogens is 355 g/mol. The van der Waals surface area contributed by atoms with Crippen LogP contribution < -0.4 is 10.6 Å². The van der Waals surface area contributed by atoms with Gasteiger partial charge in [0.15, 0.2) is 0 Å². The molecule has 5 heteroatoms. The second-order valence-corrected chi connectivity index (χ2v) is 8.43. The van der Waals surface area contributed by atoms with E-state index < -0.39 is 5.41 Å². The molecule has 0 saturated heterocycles. The molecule has 0 aromatic heterocycles. The Bertz CT molecular complexity index is 882. The molecule has 3 rings (SSSR count). The minimum atomic E-state index is -1.01. The largest absolute Gasteiger partial charge is 0.355 e. The summed E-state index contributed by atoms with van der Waals surface area (Å²) < 4.78 is 13.7. The van der Waals surface area contributed by atoms with Crippen molar-refractivity contribution in [1.29, 1.82) is 0 Å². The normalized spacial score (nSPS) is 15.0. The first-order chi connectivity index (χ1) is 13.2. The van der Waals surface area contributed by atoms with E-state index in [1.165, 1.54) is 6.07 Å². The smallest absolute Gasteiger partial charge is 0.240 e. The third kappa shape index (κ3) is 4.24. The van der Waals surface area contributed by atoms with Gasteiger partial charge in [0, 0.05) is 12.2 Å². The molecule has 4 nitrogen and oxygen atoms in total. The van der Waals surface area contributed by atoms with E-state index in [0.29, 0.717) is 31.4 Å². The van der Waals surface area contributed by atoms with E-state index in [9.17, 15) is 14.0 Å². The average Bonchev–Trinajstić information content (AvgIpc) is 3.45. The summed E-state index contributed by atoms with van der Waals surface area (Å²) in [6.07, 6.45) is 1.45. The van der Waals surface area contributed by atoms with Crippen LogP contribution in [0.15, 0.2) is 48.5 Å². The van der Waals surface area contributed by atoms with E-state index in [0.717, 1.165) is 11.3 Å². The Morgan fingerprint density at radius 3 is 2.29 bits per heavy atom. The number of amides is 2. The van der Waals surface area contributed by atoms with E-state index in [1.54, 1.807) is 18.2 Å². The predicted molar refractivity (Wildman–Crippen MR) is 109 cm³/mol. The molecule has 0 aliphatic heterocycles. The Morgan fingerprint density at radius 2 is 1.64 bits per heavy atom. The number of hydrogen-bond acceptors (Lipinski definition) is 2. The van der Waals surface area contributed by atoms with Crippen LogP contribution in [0.5, 0.6) is 0 Å². The van der Waals surface area contributed by atoms with E-state index in [-0.39, 0.29) is 23.0 Å². The van der Waals surface area contributed by atoms with Gasteiger partial charge in [-0.2, -0.15) is 0 Å². The highest BCUT2D eigenvalue weighted by Gasteiger charge is 2.56. The maximum absolute atomic E-state index is 13.7. The topological polar surface area (TPSA) is 58.2 Å². The van der Waals surface area contributed by atoms with E-state index in [4.69, 9.17) is 0 Å². The lowest BCUT2D eigenvalue weighted by Gasteiger charge is -2.24. The van der Waals surface area contributed by atoms with Gasteiger partial charge in [-0.25, -0.2) is 4.39 Å². The van der Waals surface area contributed by atoms with Crippen molar-refractivity contribution >= 4 is 17.5 Å². The van der Waals surface area contributed by atoms with Gasteiger partial charge >= 0.3 is 0 Å². The van der Waals surface area contributed by atoms with Crippen molar-refractivity contribution in [1.82, 2.24) is 5.32 Å². The zero-order valence-electron chi connectivity index (χ0n) is 16.6. The van der Waals surface area contributed by atoms with Crippen LogP contribution in [0.4, 0.5) is 10.1 Å². The predicted octanol–water partition coefficient (Wildman–Crippen LogP) is 4.20. The van der Waals surface area contributed by atoms with E-state index in [1.807, 2.05) is 24.3 Å². The minimum absolute atomic E-state index is 0.122. The average molecular weight is 382 g/mol. The van der Waals surface area contributed by atoms with Crippen molar-refractivity contribution in [2.24, 2.45) is 5.41 Å².